The Morgan fingerprint density at radius 1 is 1.13 bits per heavy atom. The molecule has 1 N–H and O–H groups in total. The van der Waals surface area contributed by atoms with Crippen molar-refractivity contribution in [2.45, 2.75) is 72.1 Å². The number of anilines is 1. The molecule has 2 rings (SSSR count). The van der Waals surface area contributed by atoms with Gasteiger partial charge in [0.15, 0.2) is 0 Å². The van der Waals surface area contributed by atoms with E-state index >= 15 is 0 Å². The van der Waals surface area contributed by atoms with E-state index in [1.165, 1.54) is 26.2 Å². The topological polar surface area (TPSA) is 111 Å². The first-order chi connectivity index (χ1) is 18.4. The zero-order valence-corrected chi connectivity index (χ0v) is 22.7. The average molecular weight is 516 g/mol. The van der Waals surface area contributed by atoms with Gasteiger partial charge in [0.2, 0.25) is 0 Å². The maximum Gasteiger partial charge on any atom is 0.302 e. The minimum absolute atomic E-state index is 0.0199. The van der Waals surface area contributed by atoms with E-state index in [0.29, 0.717) is 18.1 Å². The largest absolute Gasteiger partial charge is 0.466 e. The van der Waals surface area contributed by atoms with Crippen molar-refractivity contribution in [1.29, 1.82) is 10.5 Å². The molecule has 1 aliphatic rings. The molecule has 1 atom stereocenters. The molecule has 38 heavy (non-hydrogen) atoms. The predicted octanol–water partition coefficient (Wildman–Crippen LogP) is 5.89. The Kier molecular flexibility index (Phi) is 12.6. The van der Waals surface area contributed by atoms with Crippen LogP contribution in [0.15, 0.2) is 41.2 Å². The number of hydrogen-bond donors (Lipinski definition) is 1. The smallest absolute Gasteiger partial charge is 0.302 e. The monoisotopic (exact) mass is 515 g/mol. The highest BCUT2D eigenvalue weighted by Crippen LogP contribution is 2.32. The molecule has 1 aliphatic heterocycles. The van der Waals surface area contributed by atoms with Crippen molar-refractivity contribution in [1.82, 2.24) is 5.32 Å². The van der Waals surface area contributed by atoms with Crippen molar-refractivity contribution >= 4 is 23.1 Å². The summed E-state index contributed by atoms with van der Waals surface area (Å²) in [6.45, 7) is 15.3. The molecule has 0 saturated heterocycles. The number of esters is 1. The lowest BCUT2D eigenvalue weighted by atomic mass is 9.97. The summed E-state index contributed by atoms with van der Waals surface area (Å²) in [6.07, 6.45) is 8.57. The normalized spacial score (nSPS) is 14.7. The summed E-state index contributed by atoms with van der Waals surface area (Å²) in [5.41, 5.74) is 1.49. The van der Waals surface area contributed by atoms with Crippen LogP contribution in [0, 0.1) is 35.2 Å². The minimum Gasteiger partial charge on any atom is -0.466 e. The summed E-state index contributed by atoms with van der Waals surface area (Å²) < 4.78 is 5.02. The highest BCUT2D eigenvalue weighted by Gasteiger charge is 2.31. The van der Waals surface area contributed by atoms with Crippen LogP contribution in [-0.2, 0) is 14.3 Å². The van der Waals surface area contributed by atoms with E-state index in [1.807, 2.05) is 30.3 Å². The van der Waals surface area contributed by atoms with Gasteiger partial charge in [-0.1, -0.05) is 51.7 Å². The van der Waals surface area contributed by atoms with Gasteiger partial charge in [-0.15, -0.1) is 0 Å². The third kappa shape index (κ3) is 8.49. The number of allylic oxidation sites excluding steroid dienone is 2. The van der Waals surface area contributed by atoms with Gasteiger partial charge >= 0.3 is 5.97 Å². The number of nitriles is 2. The molecule has 1 aromatic rings. The number of ether oxygens (including phenoxy) is 1. The van der Waals surface area contributed by atoms with E-state index in [4.69, 9.17) is 11.3 Å². The third-order valence-electron chi connectivity index (χ3n) is 6.70. The fraction of sp³-hybridized carbons (Fsp3) is 0.500. The highest BCUT2D eigenvalue weighted by molar-refractivity contribution is 6.26. The molecular formula is C30H37N5O3. The number of benzene rings is 1. The zero-order valence-electron chi connectivity index (χ0n) is 22.7. The van der Waals surface area contributed by atoms with Crippen LogP contribution >= 0.6 is 0 Å². The van der Waals surface area contributed by atoms with Crippen molar-refractivity contribution in [3.8, 4) is 12.1 Å². The first-order valence-corrected chi connectivity index (χ1v) is 13.4. The van der Waals surface area contributed by atoms with Crippen molar-refractivity contribution in [3.05, 3.63) is 58.2 Å². The molecule has 8 nitrogen and oxygen atoms in total. The molecule has 0 aliphatic carbocycles. The molecule has 1 amide bonds. The van der Waals surface area contributed by atoms with E-state index < -0.39 is 5.91 Å². The van der Waals surface area contributed by atoms with Crippen molar-refractivity contribution in [2.24, 2.45) is 5.92 Å². The number of amides is 1. The van der Waals surface area contributed by atoms with Crippen LogP contribution in [0.1, 0.15) is 77.7 Å². The lowest BCUT2D eigenvalue weighted by Crippen LogP contribution is -2.30. The highest BCUT2D eigenvalue weighted by atomic mass is 16.5. The van der Waals surface area contributed by atoms with Crippen molar-refractivity contribution < 1.29 is 14.3 Å². The van der Waals surface area contributed by atoms with E-state index in [2.05, 4.69) is 28.9 Å². The van der Waals surface area contributed by atoms with Crippen LogP contribution in [0.5, 0.6) is 0 Å². The second-order valence-corrected chi connectivity index (χ2v) is 9.43. The van der Waals surface area contributed by atoms with E-state index in [-0.39, 0.29) is 28.5 Å². The first-order valence-electron chi connectivity index (χ1n) is 13.4. The minimum atomic E-state index is -0.489. The quantitative estimate of drug-likeness (QED) is 0.135. The zero-order chi connectivity index (χ0) is 27.9. The van der Waals surface area contributed by atoms with Gasteiger partial charge in [-0.25, -0.2) is 10.1 Å². The Hall–Kier alpha value is -4.09. The fourth-order valence-electron chi connectivity index (χ4n) is 4.55. The summed E-state index contributed by atoms with van der Waals surface area (Å²) in [6, 6.07) is 11.3. The first kappa shape index (κ1) is 30.1. The van der Waals surface area contributed by atoms with Crippen molar-refractivity contribution in [3.63, 3.8) is 0 Å². The van der Waals surface area contributed by atoms with E-state index in [9.17, 15) is 20.1 Å². The predicted molar refractivity (Wildman–Crippen MR) is 147 cm³/mol. The van der Waals surface area contributed by atoms with Crippen molar-refractivity contribution in [2.75, 3.05) is 24.6 Å². The summed E-state index contributed by atoms with van der Waals surface area (Å²) in [4.78, 5) is 29.1. The number of hydrogen-bond acceptors (Lipinski definition) is 6. The number of rotatable bonds is 15. The molecule has 1 unspecified atom stereocenters. The summed E-state index contributed by atoms with van der Waals surface area (Å²) in [7, 11) is 0. The number of nitrogens with one attached hydrogen (secondary N) is 1. The second kappa shape index (κ2) is 15.9. The maximum absolute atomic E-state index is 12.7. The second-order valence-electron chi connectivity index (χ2n) is 9.43. The van der Waals surface area contributed by atoms with Crippen LogP contribution in [0.4, 0.5) is 5.69 Å². The van der Waals surface area contributed by atoms with Crippen LogP contribution in [0.25, 0.3) is 10.4 Å². The molecule has 1 heterocycles. The Bertz CT molecular complexity index is 1150. The maximum atomic E-state index is 12.7. The SMILES string of the molecule is [C-]#[N+]/C(C#N)=C1\NC(=O)C(c2ccc(N(CCCCCCOC(C)=O)CC(CC)CCCC)cc2)=C1C#N. The van der Waals surface area contributed by atoms with E-state index in [0.717, 1.165) is 50.9 Å². The van der Waals surface area contributed by atoms with Crippen LogP contribution in [0.2, 0.25) is 0 Å². The summed E-state index contributed by atoms with van der Waals surface area (Å²) in [5, 5.41) is 21.4. The van der Waals surface area contributed by atoms with Crippen LogP contribution < -0.4 is 10.2 Å². The molecule has 8 heteroatoms. The number of unbranched alkanes of at least 4 members (excludes halogenated alkanes) is 4. The Balaban J connectivity index is 2.23. The Labute approximate surface area is 226 Å². The molecule has 0 radical (unpaired) electrons. The fourth-order valence-corrected chi connectivity index (χ4v) is 4.55. The van der Waals surface area contributed by atoms with Crippen LogP contribution in [0.3, 0.4) is 0 Å². The molecule has 0 bridgehead atoms. The third-order valence-corrected chi connectivity index (χ3v) is 6.70. The average Bonchev–Trinajstić information content (AvgIpc) is 3.25. The molecule has 0 saturated carbocycles. The molecule has 0 fully saturated rings. The van der Waals surface area contributed by atoms with Gasteiger partial charge in [0, 0.05) is 25.7 Å². The summed E-state index contributed by atoms with van der Waals surface area (Å²) in [5.74, 6) is -0.149. The lowest BCUT2D eigenvalue weighted by molar-refractivity contribution is -0.141. The van der Waals surface area contributed by atoms with Gasteiger partial charge < -0.3 is 15.0 Å². The van der Waals surface area contributed by atoms with E-state index in [1.54, 1.807) is 6.07 Å². The molecule has 0 aromatic heterocycles. The van der Waals surface area contributed by atoms with Gasteiger partial charge in [0.05, 0.1) is 36.1 Å². The number of carbonyl (C=O) groups excluding carboxylic acids is 2. The van der Waals surface area contributed by atoms with Crippen LogP contribution in [-0.4, -0.2) is 31.6 Å². The number of carbonyl (C=O) groups is 2. The van der Waals surface area contributed by atoms with Gasteiger partial charge in [-0.3, -0.25) is 9.59 Å². The van der Waals surface area contributed by atoms with Gasteiger partial charge in [0.25, 0.3) is 11.6 Å². The molecule has 0 spiro atoms. The van der Waals surface area contributed by atoms with Gasteiger partial charge in [-0.2, -0.15) is 5.26 Å². The lowest BCUT2D eigenvalue weighted by Gasteiger charge is -2.29. The molecule has 1 aromatic carbocycles. The molecular weight excluding hydrogens is 478 g/mol. The Morgan fingerprint density at radius 3 is 2.42 bits per heavy atom. The van der Waals surface area contributed by atoms with Gasteiger partial charge in [0.1, 0.15) is 6.07 Å². The van der Waals surface area contributed by atoms with Gasteiger partial charge in [-0.05, 0) is 49.3 Å². The standard InChI is InChI=1S/C30H37N5O3/c1-5-7-12-23(6-2)21-35(17-10-8-9-11-18-38-22(3)36)25-15-13-24(14-16-25)28-26(19-31)29(34-30(28)37)27(20-32)33-4/h13-16,23H,5-12,17-18,21H2,1-3H3,(H,34,37)/b29-27-. The molecule has 200 valence electrons. The Morgan fingerprint density at radius 2 is 1.84 bits per heavy atom. The number of nitrogens with zero attached hydrogens (tertiary/aromatic N) is 4. The summed E-state index contributed by atoms with van der Waals surface area (Å²) >= 11 is 0.